The van der Waals surface area contributed by atoms with Gasteiger partial charge in [0.1, 0.15) is 18.1 Å². The summed E-state index contributed by atoms with van der Waals surface area (Å²) in [6, 6.07) is 8.15. The monoisotopic (exact) mass is 453 g/mol. The van der Waals surface area contributed by atoms with E-state index in [0.717, 1.165) is 61.3 Å². The first-order valence-electron chi connectivity index (χ1n) is 12.2. The van der Waals surface area contributed by atoms with Gasteiger partial charge in [-0.3, -0.25) is 9.59 Å². The van der Waals surface area contributed by atoms with Gasteiger partial charge >= 0.3 is 0 Å². The number of benzene rings is 1. The summed E-state index contributed by atoms with van der Waals surface area (Å²) in [5, 5.41) is 7.08. The Morgan fingerprint density at radius 1 is 1.18 bits per heavy atom. The van der Waals surface area contributed by atoms with Crippen LogP contribution in [0.25, 0.3) is 0 Å². The van der Waals surface area contributed by atoms with E-state index in [-0.39, 0.29) is 11.8 Å². The van der Waals surface area contributed by atoms with E-state index in [9.17, 15) is 9.59 Å². The van der Waals surface area contributed by atoms with Gasteiger partial charge in [0.15, 0.2) is 0 Å². The van der Waals surface area contributed by atoms with Crippen LogP contribution >= 0.6 is 0 Å². The fraction of sp³-hybridized carbons (Fsp3) is 0.577. The summed E-state index contributed by atoms with van der Waals surface area (Å²) in [5.74, 6) is 1.85. The lowest BCUT2D eigenvalue weighted by Gasteiger charge is -2.42. The van der Waals surface area contributed by atoms with E-state index in [0.29, 0.717) is 39.1 Å². The lowest BCUT2D eigenvalue weighted by atomic mass is 9.74. The number of carbonyl (C=O) groups is 2. The number of carbonyl (C=O) groups excluding carboxylic acids is 2. The highest BCUT2D eigenvalue weighted by atomic mass is 16.5. The van der Waals surface area contributed by atoms with E-state index in [4.69, 9.17) is 9.26 Å². The van der Waals surface area contributed by atoms with Gasteiger partial charge in [-0.25, -0.2) is 0 Å². The summed E-state index contributed by atoms with van der Waals surface area (Å²) < 4.78 is 11.2. The lowest BCUT2D eigenvalue weighted by molar-refractivity contribution is -0.142. The SMILES string of the molecule is Cc1noc(C)c1CCC(=O)N1CCCC2(CCCCc3ccccc3OCCNC2=O)C1. The average molecular weight is 454 g/mol. The fourth-order valence-electron chi connectivity index (χ4n) is 5.24. The van der Waals surface area contributed by atoms with Crippen LogP contribution in [0.5, 0.6) is 5.75 Å². The largest absolute Gasteiger partial charge is 0.491 e. The first kappa shape index (κ1) is 23.3. The van der Waals surface area contributed by atoms with Crippen LogP contribution in [0.1, 0.15) is 61.1 Å². The van der Waals surface area contributed by atoms with Gasteiger partial charge in [0.05, 0.1) is 17.7 Å². The van der Waals surface area contributed by atoms with Crippen molar-refractivity contribution in [2.75, 3.05) is 26.2 Å². The van der Waals surface area contributed by atoms with Crippen LogP contribution in [-0.2, 0) is 22.4 Å². The highest BCUT2D eigenvalue weighted by molar-refractivity contribution is 5.84. The van der Waals surface area contributed by atoms with E-state index in [2.05, 4.69) is 16.5 Å². The Hall–Kier alpha value is -2.83. The molecule has 1 atom stereocenters. The van der Waals surface area contributed by atoms with Crippen LogP contribution in [0.15, 0.2) is 28.8 Å². The van der Waals surface area contributed by atoms with Crippen LogP contribution in [0.3, 0.4) is 0 Å². The molecule has 4 rings (SSSR count). The molecule has 2 amide bonds. The molecule has 1 aromatic carbocycles. The zero-order chi connectivity index (χ0) is 23.3. The minimum atomic E-state index is -0.518. The molecule has 178 valence electrons. The molecule has 1 N–H and O–H groups in total. The molecule has 0 aliphatic carbocycles. The first-order valence-corrected chi connectivity index (χ1v) is 12.2. The molecule has 0 radical (unpaired) electrons. The number of aryl methyl sites for hydroxylation is 3. The maximum Gasteiger partial charge on any atom is 0.228 e. The molecule has 1 spiro atoms. The maximum absolute atomic E-state index is 13.3. The van der Waals surface area contributed by atoms with Crippen molar-refractivity contribution in [3.8, 4) is 5.75 Å². The van der Waals surface area contributed by atoms with Crippen molar-refractivity contribution >= 4 is 11.8 Å². The minimum Gasteiger partial charge on any atom is -0.491 e. The van der Waals surface area contributed by atoms with Gasteiger partial charge in [0.2, 0.25) is 11.8 Å². The molecule has 0 bridgehead atoms. The molecule has 1 aromatic heterocycles. The maximum atomic E-state index is 13.3. The second-order valence-corrected chi connectivity index (χ2v) is 9.42. The zero-order valence-electron chi connectivity index (χ0n) is 19.8. The van der Waals surface area contributed by atoms with Crippen LogP contribution < -0.4 is 10.1 Å². The van der Waals surface area contributed by atoms with E-state index in [1.165, 1.54) is 5.56 Å². The van der Waals surface area contributed by atoms with Gasteiger partial charge < -0.3 is 19.5 Å². The first-order chi connectivity index (χ1) is 16.0. The lowest BCUT2D eigenvalue weighted by Crippen LogP contribution is -2.54. The second kappa shape index (κ2) is 10.4. The molecule has 1 unspecified atom stereocenters. The van der Waals surface area contributed by atoms with Crippen LogP contribution in [0.4, 0.5) is 0 Å². The van der Waals surface area contributed by atoms with Crippen LogP contribution in [0.2, 0.25) is 0 Å². The van der Waals surface area contributed by atoms with Gasteiger partial charge in [0.25, 0.3) is 0 Å². The quantitative estimate of drug-likeness (QED) is 0.765. The average Bonchev–Trinajstić information content (AvgIpc) is 3.15. The number of hydrogen-bond donors (Lipinski definition) is 1. The van der Waals surface area contributed by atoms with Crippen molar-refractivity contribution < 1.29 is 18.8 Å². The molecule has 7 heteroatoms. The summed E-state index contributed by atoms with van der Waals surface area (Å²) in [5.41, 5.74) is 2.56. The van der Waals surface area contributed by atoms with Gasteiger partial charge in [-0.05, 0) is 64.0 Å². The molecular weight excluding hydrogens is 418 g/mol. The molecule has 1 saturated heterocycles. The van der Waals surface area contributed by atoms with E-state index >= 15 is 0 Å². The van der Waals surface area contributed by atoms with Gasteiger partial charge in [0, 0.05) is 25.1 Å². The predicted molar refractivity (Wildman–Crippen MR) is 125 cm³/mol. The standard InChI is InChI=1S/C26H35N3O4/c1-19-22(20(2)33-28-19)11-12-24(30)29-16-7-14-26(18-29)13-6-5-9-21-8-3-4-10-23(21)32-17-15-27-25(26)31/h3-4,8,10H,5-7,9,11-18H2,1-2H3,(H,27,31). The summed E-state index contributed by atoms with van der Waals surface area (Å²) in [7, 11) is 0. The van der Waals surface area contributed by atoms with Crippen LogP contribution in [0, 0.1) is 19.3 Å². The summed E-state index contributed by atoms with van der Waals surface area (Å²) in [4.78, 5) is 28.3. The number of para-hydroxylation sites is 1. The highest BCUT2D eigenvalue weighted by Gasteiger charge is 2.42. The number of hydrogen-bond acceptors (Lipinski definition) is 5. The Morgan fingerprint density at radius 3 is 2.82 bits per heavy atom. The Morgan fingerprint density at radius 2 is 2.00 bits per heavy atom. The molecule has 2 aliphatic heterocycles. The predicted octanol–water partition coefficient (Wildman–Crippen LogP) is 3.75. The summed E-state index contributed by atoms with van der Waals surface area (Å²) >= 11 is 0. The normalized spacial score (nSPS) is 22.0. The minimum absolute atomic E-state index is 0.0585. The number of amides is 2. The Bertz CT molecular complexity index is 966. The van der Waals surface area contributed by atoms with Crippen molar-refractivity contribution in [1.29, 1.82) is 0 Å². The van der Waals surface area contributed by atoms with Crippen LogP contribution in [-0.4, -0.2) is 48.1 Å². The van der Waals surface area contributed by atoms with Crippen molar-refractivity contribution in [3.05, 3.63) is 46.8 Å². The number of nitrogens with one attached hydrogen (secondary N) is 1. The molecule has 3 heterocycles. The number of ether oxygens (including phenoxy) is 1. The molecule has 0 saturated carbocycles. The second-order valence-electron chi connectivity index (χ2n) is 9.42. The van der Waals surface area contributed by atoms with Crippen molar-refractivity contribution in [1.82, 2.24) is 15.4 Å². The number of aromatic nitrogens is 1. The van der Waals surface area contributed by atoms with Gasteiger partial charge in [-0.15, -0.1) is 0 Å². The zero-order valence-corrected chi connectivity index (χ0v) is 19.8. The van der Waals surface area contributed by atoms with Crippen molar-refractivity contribution in [2.24, 2.45) is 5.41 Å². The van der Waals surface area contributed by atoms with Crippen molar-refractivity contribution in [3.63, 3.8) is 0 Å². The van der Waals surface area contributed by atoms with Crippen molar-refractivity contribution in [2.45, 2.75) is 65.2 Å². The number of likely N-dealkylation sites (tertiary alicyclic amines) is 1. The number of rotatable bonds is 3. The molecule has 2 aromatic rings. The van der Waals surface area contributed by atoms with E-state index < -0.39 is 5.41 Å². The third-order valence-electron chi connectivity index (χ3n) is 7.15. The number of nitrogens with zero attached hydrogens (tertiary/aromatic N) is 2. The molecule has 33 heavy (non-hydrogen) atoms. The topological polar surface area (TPSA) is 84.7 Å². The van der Waals surface area contributed by atoms with Gasteiger partial charge in [-0.1, -0.05) is 29.8 Å². The number of piperidine rings is 1. The molecule has 2 aliphatic rings. The molecule has 1 fully saturated rings. The third kappa shape index (κ3) is 5.40. The molecule has 7 nitrogen and oxygen atoms in total. The third-order valence-corrected chi connectivity index (χ3v) is 7.15. The molecular formula is C26H35N3O4. The van der Waals surface area contributed by atoms with E-state index in [1.807, 2.05) is 36.9 Å². The summed E-state index contributed by atoms with van der Waals surface area (Å²) in [6.07, 6.45) is 6.38. The van der Waals surface area contributed by atoms with Gasteiger partial charge in [-0.2, -0.15) is 0 Å². The number of fused-ring (bicyclic) bond motifs is 1. The Balaban J connectivity index is 1.42. The Kier molecular flexibility index (Phi) is 7.36. The van der Waals surface area contributed by atoms with E-state index in [1.54, 1.807) is 0 Å². The highest BCUT2D eigenvalue weighted by Crippen LogP contribution is 2.36. The smallest absolute Gasteiger partial charge is 0.228 e. The Labute approximate surface area is 195 Å². The summed E-state index contributed by atoms with van der Waals surface area (Å²) in [6.45, 7) is 5.91. The fourth-order valence-corrected chi connectivity index (χ4v) is 5.24.